The van der Waals surface area contributed by atoms with Gasteiger partial charge in [0.25, 0.3) is 5.56 Å². The largest absolute Gasteiger partial charge is 0.493 e. The van der Waals surface area contributed by atoms with Gasteiger partial charge in [-0.1, -0.05) is 59.9 Å². The van der Waals surface area contributed by atoms with E-state index in [2.05, 4.69) is 10.1 Å². The van der Waals surface area contributed by atoms with Crippen molar-refractivity contribution >= 4 is 45.5 Å². The molecule has 0 bridgehead atoms. The molecule has 0 aliphatic heterocycles. The lowest BCUT2D eigenvalue weighted by Gasteiger charge is -2.07. The molecule has 0 saturated carbocycles. The number of ether oxygens (including phenoxy) is 2. The van der Waals surface area contributed by atoms with Gasteiger partial charge in [0.05, 0.1) is 24.4 Å². The summed E-state index contributed by atoms with van der Waals surface area (Å²) in [5.41, 5.74) is 3.67. The summed E-state index contributed by atoms with van der Waals surface area (Å²) in [6.45, 7) is 0. The Bertz CT molecular complexity index is 2180. The molecule has 9 nitrogen and oxygen atoms in total. The minimum Gasteiger partial charge on any atom is -0.493 e. The zero-order valence-corrected chi connectivity index (χ0v) is 23.4. The molecule has 0 radical (unpaired) electrons. The van der Waals surface area contributed by atoms with Crippen LogP contribution in [0.15, 0.2) is 94.3 Å². The third-order valence-corrected chi connectivity index (χ3v) is 7.70. The predicted octanol–water partition coefficient (Wildman–Crippen LogP) is 5.49. The Labute approximate surface area is 243 Å². The number of methoxy groups -OCH3 is 2. The van der Waals surface area contributed by atoms with Crippen LogP contribution in [0.2, 0.25) is 0 Å². The van der Waals surface area contributed by atoms with Gasteiger partial charge in [-0.25, -0.2) is 4.68 Å². The summed E-state index contributed by atoms with van der Waals surface area (Å²) in [5.74, 6) is 2.32. The average Bonchev–Trinajstić information content (AvgIpc) is 3.80. The van der Waals surface area contributed by atoms with E-state index in [0.29, 0.717) is 38.3 Å². The van der Waals surface area contributed by atoms with Gasteiger partial charge in [0.2, 0.25) is 4.96 Å². The molecule has 0 fully saturated rings. The lowest BCUT2D eigenvalue weighted by Crippen LogP contribution is -2.23. The molecule has 7 aromatic rings. The summed E-state index contributed by atoms with van der Waals surface area (Å²) in [7, 11) is 3.18. The fraction of sp³-hybridized carbons (Fsp3) is 0.0625. The van der Waals surface area contributed by atoms with Crippen molar-refractivity contribution in [2.45, 2.75) is 0 Å². The Morgan fingerprint density at radius 2 is 1.69 bits per heavy atom. The number of hydrogen-bond acceptors (Lipinski definition) is 8. The van der Waals surface area contributed by atoms with Crippen molar-refractivity contribution in [3.8, 4) is 28.6 Å². The Morgan fingerprint density at radius 1 is 0.881 bits per heavy atom. The number of nitrogens with zero attached hydrogens (tertiary/aromatic N) is 5. The SMILES string of the molecule is COc1ccc(/C=C/c2nc3s/c(=C\c4cn(-c5ccccc5)nc4-c4cc5ccccc5o4)c(=O)n3n2)cc1OC. The Hall–Kier alpha value is -5.48. The highest BCUT2D eigenvalue weighted by Crippen LogP contribution is 2.31. The maximum absolute atomic E-state index is 13.4. The zero-order chi connectivity index (χ0) is 28.6. The normalized spacial score (nSPS) is 12.2. The number of para-hydroxylation sites is 2. The summed E-state index contributed by atoms with van der Waals surface area (Å²) in [6.07, 6.45) is 7.33. The summed E-state index contributed by atoms with van der Waals surface area (Å²) < 4.78 is 20.4. The first-order valence-corrected chi connectivity index (χ1v) is 13.9. The van der Waals surface area contributed by atoms with Crippen LogP contribution in [-0.2, 0) is 0 Å². The van der Waals surface area contributed by atoms with Crippen molar-refractivity contribution in [1.82, 2.24) is 24.4 Å². The smallest absolute Gasteiger partial charge is 0.291 e. The summed E-state index contributed by atoms with van der Waals surface area (Å²) in [5, 5.41) is 10.2. The first-order valence-electron chi connectivity index (χ1n) is 13.0. The average molecular weight is 574 g/mol. The van der Waals surface area contributed by atoms with E-state index in [4.69, 9.17) is 19.0 Å². The maximum atomic E-state index is 13.4. The molecule has 0 aliphatic carbocycles. The van der Waals surface area contributed by atoms with Gasteiger partial charge in [0.15, 0.2) is 23.1 Å². The zero-order valence-electron chi connectivity index (χ0n) is 22.6. The number of benzene rings is 3. The third-order valence-electron chi connectivity index (χ3n) is 6.74. The molecule has 0 saturated heterocycles. The van der Waals surface area contributed by atoms with Crippen molar-refractivity contribution in [3.63, 3.8) is 0 Å². The number of aromatic nitrogens is 5. The highest BCUT2D eigenvalue weighted by atomic mass is 32.1. The third kappa shape index (κ3) is 4.63. The van der Waals surface area contributed by atoms with Crippen molar-refractivity contribution in [2.75, 3.05) is 14.2 Å². The Morgan fingerprint density at radius 3 is 2.48 bits per heavy atom. The van der Waals surface area contributed by atoms with E-state index in [0.717, 1.165) is 27.8 Å². The van der Waals surface area contributed by atoms with Crippen LogP contribution in [0.3, 0.4) is 0 Å². The molecule has 0 N–H and O–H groups in total. The second-order valence-electron chi connectivity index (χ2n) is 9.39. The molecular weight excluding hydrogens is 550 g/mol. The van der Waals surface area contributed by atoms with Gasteiger partial charge < -0.3 is 13.9 Å². The van der Waals surface area contributed by atoms with E-state index in [1.165, 1.54) is 15.9 Å². The molecule has 4 heterocycles. The molecule has 7 rings (SSSR count). The van der Waals surface area contributed by atoms with Gasteiger partial charge >= 0.3 is 0 Å². The van der Waals surface area contributed by atoms with Gasteiger partial charge in [0.1, 0.15) is 11.3 Å². The van der Waals surface area contributed by atoms with Crippen molar-refractivity contribution in [1.29, 1.82) is 0 Å². The van der Waals surface area contributed by atoms with E-state index in [-0.39, 0.29) is 5.56 Å². The van der Waals surface area contributed by atoms with E-state index < -0.39 is 0 Å². The van der Waals surface area contributed by atoms with E-state index in [1.807, 2.05) is 97.2 Å². The summed E-state index contributed by atoms with van der Waals surface area (Å²) in [6, 6.07) is 25.2. The van der Waals surface area contributed by atoms with Crippen molar-refractivity contribution in [2.24, 2.45) is 0 Å². The highest BCUT2D eigenvalue weighted by Gasteiger charge is 2.17. The molecular formula is C32H23N5O4S. The number of thiazole rings is 1. The minimum absolute atomic E-state index is 0.253. The van der Waals surface area contributed by atoms with Crippen LogP contribution in [0.25, 0.3) is 51.3 Å². The van der Waals surface area contributed by atoms with Crippen LogP contribution in [0, 0.1) is 0 Å². The molecule has 0 atom stereocenters. The molecule has 42 heavy (non-hydrogen) atoms. The molecule has 0 amide bonds. The first-order chi connectivity index (χ1) is 20.6. The monoisotopic (exact) mass is 573 g/mol. The molecule has 0 spiro atoms. The Balaban J connectivity index is 1.27. The van der Waals surface area contributed by atoms with E-state index in [1.54, 1.807) is 25.0 Å². The second kappa shape index (κ2) is 10.5. The molecule has 0 aliphatic rings. The van der Waals surface area contributed by atoms with E-state index >= 15 is 0 Å². The molecule has 4 aromatic heterocycles. The topological polar surface area (TPSA) is 96.7 Å². The van der Waals surface area contributed by atoms with Gasteiger partial charge in [-0.2, -0.15) is 14.6 Å². The quantitative estimate of drug-likeness (QED) is 0.249. The van der Waals surface area contributed by atoms with Crippen LogP contribution in [0.1, 0.15) is 17.0 Å². The highest BCUT2D eigenvalue weighted by molar-refractivity contribution is 7.15. The molecule has 10 heteroatoms. The number of hydrogen-bond donors (Lipinski definition) is 0. The van der Waals surface area contributed by atoms with Gasteiger partial charge in [-0.15, -0.1) is 5.10 Å². The van der Waals surface area contributed by atoms with E-state index in [9.17, 15) is 4.79 Å². The van der Waals surface area contributed by atoms with Crippen LogP contribution in [0.5, 0.6) is 11.5 Å². The fourth-order valence-corrected chi connectivity index (χ4v) is 5.59. The second-order valence-corrected chi connectivity index (χ2v) is 10.4. The lowest BCUT2D eigenvalue weighted by molar-refractivity contribution is 0.355. The van der Waals surface area contributed by atoms with Gasteiger partial charge in [-0.05, 0) is 54.1 Å². The lowest BCUT2D eigenvalue weighted by atomic mass is 10.2. The first kappa shape index (κ1) is 25.5. The van der Waals surface area contributed by atoms with Crippen molar-refractivity contribution < 1.29 is 13.9 Å². The van der Waals surface area contributed by atoms with Crippen LogP contribution >= 0.6 is 11.3 Å². The molecule has 206 valence electrons. The maximum Gasteiger partial charge on any atom is 0.291 e. The number of fused-ring (bicyclic) bond motifs is 2. The van der Waals surface area contributed by atoms with Crippen molar-refractivity contribution in [3.05, 3.63) is 117 Å². The minimum atomic E-state index is -0.253. The Kier molecular flexibility index (Phi) is 6.37. The standard InChI is InChI=1S/C32H23N5O4S/c1-39-25-14-12-20(16-26(25)40-2)13-15-29-33-32-37(34-29)31(38)28(42-32)18-22-19-36(23-9-4-3-5-10-23)35-30(22)27-17-21-8-6-7-11-24(21)41-27/h3-19H,1-2H3/b15-13+,28-18-. The summed E-state index contributed by atoms with van der Waals surface area (Å²) >= 11 is 1.27. The van der Waals surface area contributed by atoms with Gasteiger partial charge in [-0.3, -0.25) is 4.79 Å². The fourth-order valence-electron chi connectivity index (χ4n) is 4.68. The van der Waals surface area contributed by atoms with Crippen LogP contribution in [-0.4, -0.2) is 38.6 Å². The number of furan rings is 1. The van der Waals surface area contributed by atoms with Gasteiger partial charge in [0, 0.05) is 17.1 Å². The molecule has 0 unspecified atom stereocenters. The van der Waals surface area contributed by atoms with Crippen LogP contribution in [0.4, 0.5) is 0 Å². The predicted molar refractivity (Wildman–Crippen MR) is 163 cm³/mol. The number of rotatable bonds is 7. The van der Waals surface area contributed by atoms with Crippen LogP contribution < -0.4 is 19.6 Å². The molecule has 3 aromatic carbocycles. The summed E-state index contributed by atoms with van der Waals surface area (Å²) in [4.78, 5) is 18.4.